The average Bonchev–Trinajstić information content (AvgIpc) is 2.46. The Balaban J connectivity index is 2.26. The molecule has 0 spiro atoms. The number of nitrogens with two attached hydrogens (primary N) is 1. The number of aryl methyl sites for hydroxylation is 1. The van der Waals surface area contributed by atoms with Crippen LogP contribution in [0.3, 0.4) is 0 Å². The topological polar surface area (TPSA) is 64.7 Å². The van der Waals surface area contributed by atoms with Crippen LogP contribution < -0.4 is 5.73 Å². The lowest BCUT2D eigenvalue weighted by Gasteiger charge is -2.10. The van der Waals surface area contributed by atoms with E-state index >= 15 is 0 Å². The van der Waals surface area contributed by atoms with Gasteiger partial charge in [-0.15, -0.1) is 0 Å². The third-order valence-corrected chi connectivity index (χ3v) is 3.47. The molecule has 0 fully saturated rings. The molecule has 3 rings (SSSR count). The van der Waals surface area contributed by atoms with Crippen molar-refractivity contribution in [1.82, 2.24) is 15.0 Å². The van der Waals surface area contributed by atoms with E-state index < -0.39 is 0 Å². The number of nitrogen functional groups attached to an aromatic ring is 1. The lowest BCUT2D eigenvalue weighted by Crippen LogP contribution is -2.04. The Morgan fingerprint density at radius 2 is 1.90 bits per heavy atom. The first-order valence-electron chi connectivity index (χ1n) is 6.67. The molecule has 0 amide bonds. The van der Waals surface area contributed by atoms with E-state index in [1.54, 1.807) is 6.20 Å². The van der Waals surface area contributed by atoms with Crippen molar-refractivity contribution in [2.45, 2.75) is 20.3 Å². The molecule has 2 N–H and O–H groups in total. The molecule has 20 heavy (non-hydrogen) atoms. The van der Waals surface area contributed by atoms with Gasteiger partial charge >= 0.3 is 0 Å². The summed E-state index contributed by atoms with van der Waals surface area (Å²) in [7, 11) is 0. The zero-order valence-corrected chi connectivity index (χ0v) is 11.6. The fourth-order valence-electron chi connectivity index (χ4n) is 2.46. The lowest BCUT2D eigenvalue weighted by atomic mass is 10.1. The van der Waals surface area contributed by atoms with Crippen LogP contribution in [0.2, 0.25) is 0 Å². The van der Waals surface area contributed by atoms with Gasteiger partial charge in [0.25, 0.3) is 0 Å². The number of rotatable bonds is 2. The molecule has 4 heteroatoms. The number of hydrogen-bond acceptors (Lipinski definition) is 4. The van der Waals surface area contributed by atoms with Crippen LogP contribution in [0.4, 0.5) is 5.82 Å². The largest absolute Gasteiger partial charge is 0.383 e. The number of pyridine rings is 1. The molecule has 0 saturated carbocycles. The van der Waals surface area contributed by atoms with Crippen LogP contribution in [0.1, 0.15) is 18.2 Å². The molecule has 100 valence electrons. The van der Waals surface area contributed by atoms with E-state index in [9.17, 15) is 0 Å². The van der Waals surface area contributed by atoms with Crippen molar-refractivity contribution in [3.8, 4) is 11.4 Å². The van der Waals surface area contributed by atoms with Gasteiger partial charge in [-0.1, -0.05) is 25.1 Å². The van der Waals surface area contributed by atoms with Gasteiger partial charge in [0.2, 0.25) is 0 Å². The summed E-state index contributed by atoms with van der Waals surface area (Å²) in [5, 5.41) is 1.07. The molecule has 0 bridgehead atoms. The molecular weight excluding hydrogens is 248 g/mol. The molecule has 4 nitrogen and oxygen atoms in total. The highest BCUT2D eigenvalue weighted by molar-refractivity contribution is 5.91. The number of nitrogens with zero attached hydrogens (tertiary/aromatic N) is 3. The van der Waals surface area contributed by atoms with Crippen LogP contribution in [-0.2, 0) is 6.42 Å². The lowest BCUT2D eigenvalue weighted by molar-refractivity contribution is 1.01. The summed E-state index contributed by atoms with van der Waals surface area (Å²) < 4.78 is 0. The summed E-state index contributed by atoms with van der Waals surface area (Å²) in [5.74, 6) is 1.20. The van der Waals surface area contributed by atoms with Crippen molar-refractivity contribution in [3.63, 3.8) is 0 Å². The second-order valence-corrected chi connectivity index (χ2v) is 4.73. The number of hydrogen-bond donors (Lipinski definition) is 1. The average molecular weight is 264 g/mol. The first-order valence-corrected chi connectivity index (χ1v) is 6.67. The maximum atomic E-state index is 6.04. The smallest absolute Gasteiger partial charge is 0.163 e. The zero-order chi connectivity index (χ0) is 14.1. The number of para-hydroxylation sites is 1. The number of aromatic nitrogens is 3. The van der Waals surface area contributed by atoms with Crippen LogP contribution in [-0.4, -0.2) is 15.0 Å². The Hall–Kier alpha value is -2.49. The Morgan fingerprint density at radius 1 is 1.10 bits per heavy atom. The molecular formula is C16H16N4. The first-order chi connectivity index (χ1) is 9.70. The predicted molar refractivity (Wildman–Crippen MR) is 81.3 cm³/mol. The van der Waals surface area contributed by atoms with E-state index in [-0.39, 0.29) is 0 Å². The van der Waals surface area contributed by atoms with Crippen molar-refractivity contribution < 1.29 is 0 Å². The standard InChI is InChI=1S/C16H16N4/c1-3-12-10(2)19-16(20-15(12)17)13-8-4-6-11-7-5-9-18-14(11)13/h4-9H,3H2,1-2H3,(H2,17,19,20). The summed E-state index contributed by atoms with van der Waals surface area (Å²) in [6, 6.07) is 9.95. The third-order valence-electron chi connectivity index (χ3n) is 3.47. The van der Waals surface area contributed by atoms with Gasteiger partial charge in [0.15, 0.2) is 5.82 Å². The minimum atomic E-state index is 0.558. The first kappa shape index (κ1) is 12.5. The quantitative estimate of drug-likeness (QED) is 0.772. The minimum absolute atomic E-state index is 0.558. The molecule has 0 aliphatic rings. The number of fused-ring (bicyclic) bond motifs is 1. The third kappa shape index (κ3) is 1.99. The van der Waals surface area contributed by atoms with Crippen molar-refractivity contribution >= 4 is 16.7 Å². The molecule has 1 aromatic carbocycles. The molecule has 0 unspecified atom stereocenters. The highest BCUT2D eigenvalue weighted by atomic mass is 15.0. The van der Waals surface area contributed by atoms with Crippen LogP contribution in [0.25, 0.3) is 22.3 Å². The Kier molecular flexibility index (Phi) is 3.06. The summed E-state index contributed by atoms with van der Waals surface area (Å²) in [4.78, 5) is 13.5. The Labute approximate surface area is 117 Å². The van der Waals surface area contributed by atoms with Crippen LogP contribution >= 0.6 is 0 Å². The van der Waals surface area contributed by atoms with Gasteiger partial charge < -0.3 is 5.73 Å². The van der Waals surface area contributed by atoms with E-state index in [1.807, 2.05) is 37.3 Å². The highest BCUT2D eigenvalue weighted by Gasteiger charge is 2.12. The van der Waals surface area contributed by atoms with Gasteiger partial charge in [0.05, 0.1) is 5.52 Å². The summed E-state index contributed by atoms with van der Waals surface area (Å²) >= 11 is 0. The Morgan fingerprint density at radius 3 is 2.65 bits per heavy atom. The second kappa shape index (κ2) is 4.89. The highest BCUT2D eigenvalue weighted by Crippen LogP contribution is 2.26. The van der Waals surface area contributed by atoms with Gasteiger partial charge in [-0.2, -0.15) is 0 Å². The summed E-state index contributed by atoms with van der Waals surface area (Å²) in [6.07, 6.45) is 2.62. The zero-order valence-electron chi connectivity index (χ0n) is 11.6. The van der Waals surface area contributed by atoms with E-state index in [4.69, 9.17) is 5.73 Å². The molecule has 0 aliphatic carbocycles. The molecule has 2 heterocycles. The van der Waals surface area contributed by atoms with Gasteiger partial charge in [-0.25, -0.2) is 9.97 Å². The fourth-order valence-corrected chi connectivity index (χ4v) is 2.46. The maximum Gasteiger partial charge on any atom is 0.163 e. The van der Waals surface area contributed by atoms with Crippen molar-refractivity contribution in [2.75, 3.05) is 5.73 Å². The van der Waals surface area contributed by atoms with Gasteiger partial charge in [-0.05, 0) is 25.5 Å². The van der Waals surface area contributed by atoms with E-state index in [0.717, 1.165) is 34.1 Å². The number of benzene rings is 1. The minimum Gasteiger partial charge on any atom is -0.383 e. The van der Waals surface area contributed by atoms with Crippen molar-refractivity contribution in [2.24, 2.45) is 0 Å². The molecule has 2 aromatic heterocycles. The maximum absolute atomic E-state index is 6.04. The second-order valence-electron chi connectivity index (χ2n) is 4.73. The normalized spacial score (nSPS) is 10.9. The summed E-state index contributed by atoms with van der Waals surface area (Å²) in [5.41, 5.74) is 9.81. The molecule has 0 aliphatic heterocycles. The van der Waals surface area contributed by atoms with Crippen LogP contribution in [0.5, 0.6) is 0 Å². The van der Waals surface area contributed by atoms with E-state index in [0.29, 0.717) is 11.6 Å². The van der Waals surface area contributed by atoms with Crippen molar-refractivity contribution in [3.05, 3.63) is 47.8 Å². The molecule has 0 saturated heterocycles. The van der Waals surface area contributed by atoms with Gasteiger partial charge in [0.1, 0.15) is 5.82 Å². The SMILES string of the molecule is CCc1c(C)nc(-c2cccc3cccnc23)nc1N. The van der Waals surface area contributed by atoms with Gasteiger partial charge in [0, 0.05) is 28.4 Å². The van der Waals surface area contributed by atoms with E-state index in [2.05, 4.69) is 21.9 Å². The van der Waals surface area contributed by atoms with Crippen molar-refractivity contribution in [1.29, 1.82) is 0 Å². The number of anilines is 1. The molecule has 0 radical (unpaired) electrons. The van der Waals surface area contributed by atoms with Crippen LogP contribution in [0.15, 0.2) is 36.5 Å². The van der Waals surface area contributed by atoms with E-state index in [1.165, 1.54) is 0 Å². The summed E-state index contributed by atoms with van der Waals surface area (Å²) in [6.45, 7) is 4.03. The predicted octanol–water partition coefficient (Wildman–Crippen LogP) is 3.14. The van der Waals surface area contributed by atoms with Gasteiger partial charge in [-0.3, -0.25) is 4.98 Å². The monoisotopic (exact) mass is 264 g/mol. The Bertz CT molecular complexity index is 752. The van der Waals surface area contributed by atoms with Crippen LogP contribution in [0, 0.1) is 6.92 Å². The fraction of sp³-hybridized carbons (Fsp3) is 0.188. The molecule has 0 atom stereocenters. The molecule has 3 aromatic rings.